The molecule has 0 fully saturated rings. The maximum atomic E-state index is 3.71. The third-order valence-electron chi connectivity index (χ3n) is 4.48. The van der Waals surface area contributed by atoms with E-state index in [1.165, 1.54) is 28.2 Å². The Bertz CT molecular complexity index is 844. The number of fused-ring (bicyclic) bond motifs is 4. The van der Waals surface area contributed by atoms with Gasteiger partial charge in [-0.1, -0.05) is 48.6 Å². The molecule has 0 amide bonds. The Morgan fingerprint density at radius 3 is 2.62 bits per heavy atom. The first-order valence-corrected chi connectivity index (χ1v) is 7.23. The monoisotopic (exact) mass is 270 g/mol. The standard InChI is InChI=1S/C19H14N2/c1-3-10-17-14(7-1)13-15-8-5-6-12-19(15)20-16-9-2-4-11-18(16)21(17)19/h1-13,20H. The van der Waals surface area contributed by atoms with Crippen LogP contribution >= 0.6 is 0 Å². The van der Waals surface area contributed by atoms with Crippen molar-refractivity contribution in [1.82, 2.24) is 0 Å². The Balaban J connectivity index is 1.87. The first-order chi connectivity index (χ1) is 10.4. The predicted octanol–water partition coefficient (Wildman–Crippen LogP) is 4.47. The van der Waals surface area contributed by atoms with E-state index < -0.39 is 0 Å². The molecule has 5 rings (SSSR count). The van der Waals surface area contributed by atoms with Gasteiger partial charge in [-0.15, -0.1) is 0 Å². The Morgan fingerprint density at radius 1 is 0.857 bits per heavy atom. The third-order valence-corrected chi connectivity index (χ3v) is 4.48. The largest absolute Gasteiger partial charge is 0.354 e. The Morgan fingerprint density at radius 2 is 1.67 bits per heavy atom. The molecule has 1 spiro atoms. The van der Waals surface area contributed by atoms with Crippen LogP contribution < -0.4 is 10.2 Å². The van der Waals surface area contributed by atoms with Gasteiger partial charge in [0.15, 0.2) is 5.66 Å². The molecule has 100 valence electrons. The van der Waals surface area contributed by atoms with Gasteiger partial charge < -0.3 is 10.2 Å². The lowest BCUT2D eigenvalue weighted by atomic mass is 9.87. The SMILES string of the molecule is C1=CC2=Cc3ccccc3N3c4ccccc4NC23C=C1. The third kappa shape index (κ3) is 1.27. The van der Waals surface area contributed by atoms with Crippen LogP contribution in [0.1, 0.15) is 5.56 Å². The summed E-state index contributed by atoms with van der Waals surface area (Å²) >= 11 is 0. The molecule has 0 saturated heterocycles. The van der Waals surface area contributed by atoms with Gasteiger partial charge in [0, 0.05) is 5.57 Å². The molecule has 0 aromatic heterocycles. The summed E-state index contributed by atoms with van der Waals surface area (Å²) in [6.07, 6.45) is 11.0. The van der Waals surface area contributed by atoms with E-state index in [1.54, 1.807) is 0 Å². The molecule has 1 aliphatic carbocycles. The van der Waals surface area contributed by atoms with Crippen LogP contribution in [0.2, 0.25) is 0 Å². The maximum absolute atomic E-state index is 3.71. The van der Waals surface area contributed by atoms with Crippen molar-refractivity contribution >= 4 is 23.1 Å². The van der Waals surface area contributed by atoms with Gasteiger partial charge in [0.2, 0.25) is 0 Å². The van der Waals surface area contributed by atoms with Gasteiger partial charge in [-0.05, 0) is 35.9 Å². The van der Waals surface area contributed by atoms with Gasteiger partial charge in [0.05, 0.1) is 17.1 Å². The fourth-order valence-electron chi connectivity index (χ4n) is 3.58. The number of hydrogen-bond donors (Lipinski definition) is 1. The molecular weight excluding hydrogens is 256 g/mol. The van der Waals surface area contributed by atoms with Gasteiger partial charge in [0.1, 0.15) is 0 Å². The van der Waals surface area contributed by atoms with Crippen LogP contribution in [-0.2, 0) is 0 Å². The van der Waals surface area contributed by atoms with Gasteiger partial charge in [-0.25, -0.2) is 0 Å². The normalized spacial score (nSPS) is 23.6. The fourth-order valence-corrected chi connectivity index (χ4v) is 3.58. The lowest BCUT2D eigenvalue weighted by molar-refractivity contribution is 0.712. The van der Waals surface area contributed by atoms with Gasteiger partial charge >= 0.3 is 0 Å². The molecule has 0 radical (unpaired) electrons. The average Bonchev–Trinajstić information content (AvgIpc) is 2.87. The van der Waals surface area contributed by atoms with E-state index in [4.69, 9.17) is 0 Å². The highest BCUT2D eigenvalue weighted by Gasteiger charge is 2.47. The zero-order valence-electron chi connectivity index (χ0n) is 11.5. The smallest absolute Gasteiger partial charge is 0.161 e. The Hall–Kier alpha value is -2.74. The summed E-state index contributed by atoms with van der Waals surface area (Å²) in [4.78, 5) is 2.41. The van der Waals surface area contributed by atoms with Crippen molar-refractivity contribution in [3.05, 3.63) is 84.0 Å². The zero-order chi connectivity index (χ0) is 13.9. The molecule has 1 unspecified atom stereocenters. The first-order valence-electron chi connectivity index (χ1n) is 7.23. The zero-order valence-corrected chi connectivity index (χ0v) is 11.5. The molecule has 2 nitrogen and oxygen atoms in total. The molecular formula is C19H14N2. The first kappa shape index (κ1) is 11.0. The second-order valence-corrected chi connectivity index (χ2v) is 5.62. The molecule has 2 heteroatoms. The number of benzene rings is 2. The number of rotatable bonds is 0. The fraction of sp³-hybridized carbons (Fsp3) is 0.0526. The van der Waals surface area contributed by atoms with E-state index in [1.807, 2.05) is 0 Å². The summed E-state index contributed by atoms with van der Waals surface area (Å²) in [5.74, 6) is 0. The maximum Gasteiger partial charge on any atom is 0.161 e. The number of nitrogens with zero attached hydrogens (tertiary/aromatic N) is 1. The lowest BCUT2D eigenvalue weighted by Crippen LogP contribution is -2.50. The number of allylic oxidation sites excluding steroid dienone is 2. The Kier molecular flexibility index (Phi) is 1.92. The van der Waals surface area contributed by atoms with Crippen LogP contribution in [0.15, 0.2) is 78.4 Å². The van der Waals surface area contributed by atoms with Crippen molar-refractivity contribution < 1.29 is 0 Å². The topological polar surface area (TPSA) is 15.3 Å². The van der Waals surface area contributed by atoms with Crippen molar-refractivity contribution in [2.45, 2.75) is 5.66 Å². The van der Waals surface area contributed by atoms with Crippen molar-refractivity contribution in [2.24, 2.45) is 0 Å². The second kappa shape index (κ2) is 3.67. The van der Waals surface area contributed by atoms with Crippen LogP contribution in [0.25, 0.3) is 6.08 Å². The van der Waals surface area contributed by atoms with Gasteiger partial charge in [-0.3, -0.25) is 0 Å². The molecule has 2 heterocycles. The van der Waals surface area contributed by atoms with E-state index in [9.17, 15) is 0 Å². The van der Waals surface area contributed by atoms with Crippen LogP contribution in [-0.4, -0.2) is 5.66 Å². The Labute approximate surface area is 123 Å². The number of hydrogen-bond acceptors (Lipinski definition) is 2. The second-order valence-electron chi connectivity index (χ2n) is 5.62. The van der Waals surface area contributed by atoms with Crippen molar-refractivity contribution in [3.8, 4) is 0 Å². The minimum Gasteiger partial charge on any atom is -0.354 e. The van der Waals surface area contributed by atoms with E-state index in [0.717, 1.165) is 0 Å². The summed E-state index contributed by atoms with van der Waals surface area (Å²) < 4.78 is 0. The van der Waals surface area contributed by atoms with Gasteiger partial charge in [0.25, 0.3) is 0 Å². The summed E-state index contributed by atoms with van der Waals surface area (Å²) in [5.41, 5.74) is 5.92. The minimum atomic E-state index is -0.285. The van der Waals surface area contributed by atoms with Crippen LogP contribution in [0.4, 0.5) is 17.1 Å². The van der Waals surface area contributed by atoms with Crippen molar-refractivity contribution in [2.75, 3.05) is 10.2 Å². The summed E-state index contributed by atoms with van der Waals surface area (Å²) in [5, 5.41) is 3.71. The molecule has 2 aliphatic heterocycles. The quantitative estimate of drug-likeness (QED) is 0.759. The summed E-state index contributed by atoms with van der Waals surface area (Å²) in [7, 11) is 0. The molecule has 0 saturated carbocycles. The number of nitrogens with one attached hydrogen (secondary N) is 1. The lowest BCUT2D eigenvalue weighted by Gasteiger charge is -2.43. The molecule has 3 aliphatic rings. The van der Waals surface area contributed by atoms with E-state index in [0.29, 0.717) is 0 Å². The highest BCUT2D eigenvalue weighted by Crippen LogP contribution is 2.53. The molecule has 2 aromatic rings. The molecule has 0 bridgehead atoms. The van der Waals surface area contributed by atoms with Crippen LogP contribution in [0.3, 0.4) is 0 Å². The predicted molar refractivity (Wildman–Crippen MR) is 87.6 cm³/mol. The van der Waals surface area contributed by atoms with Crippen LogP contribution in [0.5, 0.6) is 0 Å². The minimum absolute atomic E-state index is 0.285. The van der Waals surface area contributed by atoms with Gasteiger partial charge in [-0.2, -0.15) is 0 Å². The molecule has 1 N–H and O–H groups in total. The van der Waals surface area contributed by atoms with Crippen molar-refractivity contribution in [3.63, 3.8) is 0 Å². The molecule has 1 atom stereocenters. The van der Waals surface area contributed by atoms with E-state index >= 15 is 0 Å². The highest BCUT2D eigenvalue weighted by molar-refractivity contribution is 5.94. The molecule has 2 aromatic carbocycles. The summed E-state index contributed by atoms with van der Waals surface area (Å²) in [6.45, 7) is 0. The summed E-state index contributed by atoms with van der Waals surface area (Å²) in [6, 6.07) is 17.1. The van der Waals surface area contributed by atoms with E-state index in [2.05, 4.69) is 89.1 Å². The number of para-hydroxylation sites is 3. The van der Waals surface area contributed by atoms with Crippen LogP contribution in [0, 0.1) is 0 Å². The van der Waals surface area contributed by atoms with Crippen molar-refractivity contribution in [1.29, 1.82) is 0 Å². The number of anilines is 3. The molecule has 21 heavy (non-hydrogen) atoms. The highest BCUT2D eigenvalue weighted by atomic mass is 15.4. The van der Waals surface area contributed by atoms with E-state index in [-0.39, 0.29) is 5.66 Å². The average molecular weight is 270 g/mol.